The molecule has 0 saturated heterocycles. The van der Waals surface area contributed by atoms with Gasteiger partial charge in [0.05, 0.1) is 6.07 Å². The minimum atomic E-state index is -1.13. The first-order valence-electron chi connectivity index (χ1n) is 6.77. The molecule has 0 aromatic heterocycles. The van der Waals surface area contributed by atoms with Gasteiger partial charge in [-0.3, -0.25) is 9.59 Å². The molecule has 0 radical (unpaired) electrons. The Bertz CT molecular complexity index is 338. The van der Waals surface area contributed by atoms with Gasteiger partial charge in [-0.15, -0.1) is 0 Å². The maximum Gasteiger partial charge on any atom is 0.245 e. The average Bonchev–Trinajstić information content (AvgIpc) is 2.30. The molecule has 1 N–H and O–H groups in total. The smallest absolute Gasteiger partial charge is 0.245 e. The van der Waals surface area contributed by atoms with E-state index in [4.69, 9.17) is 5.26 Å². The van der Waals surface area contributed by atoms with E-state index in [1.54, 1.807) is 0 Å². The third kappa shape index (κ3) is 4.48. The third-order valence-corrected chi connectivity index (χ3v) is 3.27. The quantitative estimate of drug-likeness (QED) is 0.760. The largest absolute Gasteiger partial charge is 0.352 e. The second kappa shape index (κ2) is 7.15. The van der Waals surface area contributed by atoms with Gasteiger partial charge < -0.3 is 5.32 Å². The molecule has 18 heavy (non-hydrogen) atoms. The first kappa shape index (κ1) is 14.7. The average molecular weight is 250 g/mol. The summed E-state index contributed by atoms with van der Waals surface area (Å²) in [5.41, 5.74) is 0. The van der Waals surface area contributed by atoms with E-state index in [2.05, 4.69) is 5.32 Å². The van der Waals surface area contributed by atoms with Crippen molar-refractivity contribution in [3.8, 4) is 6.07 Å². The fraction of sp³-hybridized carbons (Fsp3) is 0.786. The standard InChI is InChI=1S/C14H22N2O2/c1-10(2)8-13(17)12(9-15)14(18)16-11-6-4-3-5-7-11/h10-12H,3-8H2,1-2H3,(H,16,18). The van der Waals surface area contributed by atoms with Crippen LogP contribution in [0.15, 0.2) is 0 Å². The first-order valence-corrected chi connectivity index (χ1v) is 6.77. The summed E-state index contributed by atoms with van der Waals surface area (Å²) in [5.74, 6) is -1.62. The van der Waals surface area contributed by atoms with Gasteiger partial charge in [-0.1, -0.05) is 33.1 Å². The van der Waals surface area contributed by atoms with Crippen molar-refractivity contribution in [2.45, 2.75) is 58.4 Å². The van der Waals surface area contributed by atoms with Crippen molar-refractivity contribution in [1.29, 1.82) is 5.26 Å². The Kier molecular flexibility index (Phi) is 5.84. The van der Waals surface area contributed by atoms with Crippen molar-refractivity contribution >= 4 is 11.7 Å². The van der Waals surface area contributed by atoms with Crippen molar-refractivity contribution in [2.24, 2.45) is 11.8 Å². The van der Waals surface area contributed by atoms with E-state index >= 15 is 0 Å². The number of Topliss-reactive ketones (excluding diaryl/α,β-unsaturated/α-hetero) is 1. The molecule has 1 rings (SSSR count). The lowest BCUT2D eigenvalue weighted by molar-refractivity contribution is -0.132. The zero-order chi connectivity index (χ0) is 13.5. The van der Waals surface area contributed by atoms with E-state index in [1.807, 2.05) is 19.9 Å². The van der Waals surface area contributed by atoms with Gasteiger partial charge in [0.1, 0.15) is 0 Å². The van der Waals surface area contributed by atoms with Gasteiger partial charge in [0.15, 0.2) is 11.7 Å². The molecule has 0 aromatic rings. The highest BCUT2D eigenvalue weighted by molar-refractivity contribution is 6.04. The molecular formula is C14H22N2O2. The second-order valence-corrected chi connectivity index (χ2v) is 5.47. The Morgan fingerprint density at radius 2 is 1.89 bits per heavy atom. The van der Waals surface area contributed by atoms with Crippen molar-refractivity contribution < 1.29 is 9.59 Å². The molecule has 0 bridgehead atoms. The zero-order valence-corrected chi connectivity index (χ0v) is 11.2. The molecule has 1 fully saturated rings. The fourth-order valence-electron chi connectivity index (χ4n) is 2.33. The van der Waals surface area contributed by atoms with Gasteiger partial charge in [0, 0.05) is 12.5 Å². The number of amides is 1. The molecule has 1 aliphatic carbocycles. The van der Waals surface area contributed by atoms with Gasteiger partial charge in [0.25, 0.3) is 0 Å². The van der Waals surface area contributed by atoms with Gasteiger partial charge in [-0.2, -0.15) is 5.26 Å². The third-order valence-electron chi connectivity index (χ3n) is 3.27. The van der Waals surface area contributed by atoms with Crippen molar-refractivity contribution in [1.82, 2.24) is 5.32 Å². The lowest BCUT2D eigenvalue weighted by atomic mass is 9.93. The molecule has 0 aliphatic heterocycles. The summed E-state index contributed by atoms with van der Waals surface area (Å²) in [7, 11) is 0. The Labute approximate surface area is 109 Å². The van der Waals surface area contributed by atoms with Crippen LogP contribution in [-0.4, -0.2) is 17.7 Å². The van der Waals surface area contributed by atoms with Gasteiger partial charge in [-0.25, -0.2) is 0 Å². The van der Waals surface area contributed by atoms with Crippen molar-refractivity contribution in [3.05, 3.63) is 0 Å². The normalized spacial score (nSPS) is 18.1. The number of hydrogen-bond donors (Lipinski definition) is 1. The monoisotopic (exact) mass is 250 g/mol. The predicted molar refractivity (Wildman–Crippen MR) is 68.6 cm³/mol. The van der Waals surface area contributed by atoms with E-state index in [0.717, 1.165) is 25.7 Å². The Morgan fingerprint density at radius 3 is 2.39 bits per heavy atom. The van der Waals surface area contributed by atoms with Crippen LogP contribution in [0.4, 0.5) is 0 Å². The van der Waals surface area contributed by atoms with Crippen LogP contribution in [0.3, 0.4) is 0 Å². The number of nitriles is 1. The minimum absolute atomic E-state index is 0.147. The highest BCUT2D eigenvalue weighted by Crippen LogP contribution is 2.18. The summed E-state index contributed by atoms with van der Waals surface area (Å²) in [6.07, 6.45) is 5.64. The van der Waals surface area contributed by atoms with Crippen LogP contribution in [0, 0.1) is 23.2 Å². The number of hydrogen-bond acceptors (Lipinski definition) is 3. The number of carbonyl (C=O) groups is 2. The van der Waals surface area contributed by atoms with E-state index in [9.17, 15) is 9.59 Å². The Hall–Kier alpha value is -1.37. The first-order chi connectivity index (χ1) is 8.54. The van der Waals surface area contributed by atoms with Gasteiger partial charge in [0.2, 0.25) is 5.91 Å². The second-order valence-electron chi connectivity index (χ2n) is 5.47. The highest BCUT2D eigenvalue weighted by Gasteiger charge is 2.28. The number of carbonyl (C=O) groups excluding carboxylic acids is 2. The summed E-state index contributed by atoms with van der Waals surface area (Å²) in [5, 5.41) is 11.8. The van der Waals surface area contributed by atoms with E-state index in [-0.39, 0.29) is 24.2 Å². The van der Waals surface area contributed by atoms with Crippen molar-refractivity contribution in [2.75, 3.05) is 0 Å². The summed E-state index contributed by atoms with van der Waals surface area (Å²) < 4.78 is 0. The minimum Gasteiger partial charge on any atom is -0.352 e. The van der Waals surface area contributed by atoms with Crippen LogP contribution in [0.25, 0.3) is 0 Å². The van der Waals surface area contributed by atoms with Gasteiger partial charge >= 0.3 is 0 Å². The molecule has 1 saturated carbocycles. The fourth-order valence-corrected chi connectivity index (χ4v) is 2.33. The molecule has 4 nitrogen and oxygen atoms in total. The predicted octanol–water partition coefficient (Wildman–Crippen LogP) is 2.19. The number of ketones is 1. The van der Waals surface area contributed by atoms with E-state index in [1.165, 1.54) is 6.42 Å². The number of nitrogens with zero attached hydrogens (tertiary/aromatic N) is 1. The highest BCUT2D eigenvalue weighted by atomic mass is 16.2. The molecule has 1 amide bonds. The molecule has 1 unspecified atom stereocenters. The number of nitrogens with one attached hydrogen (secondary N) is 1. The van der Waals surface area contributed by atoms with Gasteiger partial charge in [-0.05, 0) is 18.8 Å². The zero-order valence-electron chi connectivity index (χ0n) is 11.2. The molecule has 0 aromatic carbocycles. The van der Waals surface area contributed by atoms with Crippen LogP contribution in [-0.2, 0) is 9.59 Å². The van der Waals surface area contributed by atoms with Crippen molar-refractivity contribution in [3.63, 3.8) is 0 Å². The molecular weight excluding hydrogens is 228 g/mol. The molecule has 0 spiro atoms. The maximum atomic E-state index is 11.9. The Morgan fingerprint density at radius 1 is 1.28 bits per heavy atom. The molecule has 4 heteroatoms. The van der Waals surface area contributed by atoms with E-state index < -0.39 is 11.8 Å². The summed E-state index contributed by atoms with van der Waals surface area (Å²) in [4.78, 5) is 23.7. The lowest BCUT2D eigenvalue weighted by Crippen LogP contribution is -2.42. The summed E-state index contributed by atoms with van der Waals surface area (Å²) >= 11 is 0. The number of rotatable bonds is 5. The van der Waals surface area contributed by atoms with Crippen LogP contribution in [0.2, 0.25) is 0 Å². The van der Waals surface area contributed by atoms with Crippen LogP contribution < -0.4 is 5.32 Å². The SMILES string of the molecule is CC(C)CC(=O)C(C#N)C(=O)NC1CCCCC1. The molecule has 0 heterocycles. The Balaban J connectivity index is 2.51. The summed E-state index contributed by atoms with van der Waals surface area (Å²) in [6, 6.07) is 1.98. The van der Waals surface area contributed by atoms with Crippen LogP contribution in [0.1, 0.15) is 52.4 Å². The molecule has 100 valence electrons. The molecule has 1 atom stereocenters. The molecule has 1 aliphatic rings. The maximum absolute atomic E-state index is 11.9. The summed E-state index contributed by atoms with van der Waals surface area (Å²) in [6.45, 7) is 3.82. The van der Waals surface area contributed by atoms with E-state index in [0.29, 0.717) is 0 Å². The topological polar surface area (TPSA) is 70.0 Å². The van der Waals surface area contributed by atoms with Crippen LogP contribution >= 0.6 is 0 Å². The van der Waals surface area contributed by atoms with Crippen LogP contribution in [0.5, 0.6) is 0 Å². The lowest BCUT2D eigenvalue weighted by Gasteiger charge is -2.23.